The van der Waals surface area contributed by atoms with Crippen molar-refractivity contribution in [3.05, 3.63) is 39.4 Å². The second-order valence-electron chi connectivity index (χ2n) is 8.97. The quantitative estimate of drug-likeness (QED) is 0.431. The van der Waals surface area contributed by atoms with Gasteiger partial charge in [-0.3, -0.25) is 0 Å². The molecular weight excluding hydrogens is 482 g/mol. The predicted octanol–water partition coefficient (Wildman–Crippen LogP) is 1.79. The summed E-state index contributed by atoms with van der Waals surface area (Å²) in [5.74, 6) is 1.59. The smallest absolute Gasteiger partial charge is 0.347 e. The minimum Gasteiger partial charge on any atom is -0.462 e. The molecule has 0 aromatic carbocycles. The van der Waals surface area contributed by atoms with E-state index in [4.69, 9.17) is 9.47 Å². The zero-order valence-corrected chi connectivity index (χ0v) is 21.2. The van der Waals surface area contributed by atoms with E-state index in [2.05, 4.69) is 41.1 Å². The minimum absolute atomic E-state index is 0.312. The highest BCUT2D eigenvalue weighted by molar-refractivity contribution is 7.19. The van der Waals surface area contributed by atoms with Gasteiger partial charge in [-0.25, -0.2) is 19.6 Å². The number of rotatable bonds is 8. The van der Waals surface area contributed by atoms with Crippen molar-refractivity contribution in [2.24, 2.45) is 5.92 Å². The van der Waals surface area contributed by atoms with Crippen molar-refractivity contribution in [3.8, 4) is 0 Å². The van der Waals surface area contributed by atoms with Crippen LogP contribution in [-0.4, -0.2) is 78.4 Å². The molecule has 2 fully saturated rings. The van der Waals surface area contributed by atoms with Crippen molar-refractivity contribution in [1.29, 1.82) is 0 Å². The van der Waals surface area contributed by atoms with Crippen LogP contribution in [-0.2, 0) is 16.0 Å². The van der Waals surface area contributed by atoms with Crippen molar-refractivity contribution in [2.75, 3.05) is 62.3 Å². The van der Waals surface area contributed by atoms with Gasteiger partial charge in [-0.15, -0.1) is 11.3 Å². The number of hydrogen-bond acceptors (Lipinski definition) is 11. The molecule has 0 unspecified atom stereocenters. The van der Waals surface area contributed by atoms with E-state index in [1.54, 1.807) is 18.3 Å². The standard InChI is InChI=1S/C24H31N7O4S/c1-2-35-22(32)17-13-26-23(27-14-17)31-5-3-16(4-6-31)12-25-15-18-11-19-20(36-18)21(29-24(33)28-19)30-7-9-34-10-8-30/h11,13-14,16,25H,2-10,12,15H2,1H3,(H,28,29,33). The molecule has 0 amide bonds. The number of morpholine rings is 1. The molecule has 0 aliphatic carbocycles. The molecule has 2 aliphatic heterocycles. The molecule has 0 atom stereocenters. The first-order valence-electron chi connectivity index (χ1n) is 12.4. The Balaban J connectivity index is 1.12. The fourth-order valence-corrected chi connectivity index (χ4v) is 5.71. The number of piperidine rings is 1. The molecule has 3 aromatic rings. The Hall–Kier alpha value is -3.09. The van der Waals surface area contributed by atoms with E-state index in [1.165, 1.54) is 17.3 Å². The molecule has 5 rings (SSSR count). The summed E-state index contributed by atoms with van der Waals surface area (Å²) in [6.07, 6.45) is 5.15. The topological polar surface area (TPSA) is 126 Å². The molecule has 0 bridgehead atoms. The van der Waals surface area contributed by atoms with Gasteiger partial charge in [0.05, 0.1) is 35.6 Å². The number of H-pyrrole nitrogens is 1. The summed E-state index contributed by atoms with van der Waals surface area (Å²) in [6.45, 7) is 8.34. The summed E-state index contributed by atoms with van der Waals surface area (Å²) in [5.41, 5.74) is 0.908. The second kappa shape index (κ2) is 11.3. The summed E-state index contributed by atoms with van der Waals surface area (Å²) < 4.78 is 11.5. The lowest BCUT2D eigenvalue weighted by atomic mass is 9.97. The molecule has 11 nitrogen and oxygen atoms in total. The van der Waals surface area contributed by atoms with Gasteiger partial charge >= 0.3 is 11.7 Å². The largest absolute Gasteiger partial charge is 0.462 e. The van der Waals surface area contributed by atoms with E-state index in [0.29, 0.717) is 37.3 Å². The monoisotopic (exact) mass is 513 g/mol. The lowest BCUT2D eigenvalue weighted by molar-refractivity contribution is 0.0525. The van der Waals surface area contributed by atoms with Gasteiger partial charge in [0, 0.05) is 50.0 Å². The number of thiophene rings is 1. The Morgan fingerprint density at radius 3 is 2.67 bits per heavy atom. The fourth-order valence-electron chi connectivity index (χ4n) is 4.61. The third kappa shape index (κ3) is 5.66. The van der Waals surface area contributed by atoms with Crippen LogP contribution in [0.1, 0.15) is 35.0 Å². The normalized spacial score (nSPS) is 17.0. The Morgan fingerprint density at radius 1 is 1.19 bits per heavy atom. The maximum Gasteiger partial charge on any atom is 0.347 e. The molecule has 2 saturated heterocycles. The molecule has 192 valence electrons. The first kappa shape index (κ1) is 24.6. The fraction of sp³-hybridized carbons (Fsp3) is 0.542. The molecule has 0 radical (unpaired) electrons. The van der Waals surface area contributed by atoms with Gasteiger partial charge in [-0.05, 0) is 38.3 Å². The van der Waals surface area contributed by atoms with Crippen molar-refractivity contribution in [2.45, 2.75) is 26.3 Å². The van der Waals surface area contributed by atoms with Crippen LogP contribution in [0.3, 0.4) is 0 Å². The molecule has 5 heterocycles. The summed E-state index contributed by atoms with van der Waals surface area (Å²) in [4.78, 5) is 45.2. The van der Waals surface area contributed by atoms with E-state index >= 15 is 0 Å². The van der Waals surface area contributed by atoms with Crippen LogP contribution in [0.5, 0.6) is 0 Å². The maximum atomic E-state index is 12.1. The molecule has 2 N–H and O–H groups in total. The van der Waals surface area contributed by atoms with Crippen LogP contribution >= 0.6 is 11.3 Å². The number of fused-ring (bicyclic) bond motifs is 1. The average molecular weight is 514 g/mol. The number of nitrogens with zero attached hydrogens (tertiary/aromatic N) is 5. The summed E-state index contributed by atoms with van der Waals surface area (Å²) in [7, 11) is 0. The Kier molecular flexibility index (Phi) is 7.73. The highest BCUT2D eigenvalue weighted by atomic mass is 32.1. The maximum absolute atomic E-state index is 12.1. The highest BCUT2D eigenvalue weighted by Crippen LogP contribution is 2.31. The molecule has 0 saturated carbocycles. The van der Waals surface area contributed by atoms with Gasteiger partial charge in [-0.1, -0.05) is 0 Å². The molecule has 36 heavy (non-hydrogen) atoms. The first-order chi connectivity index (χ1) is 17.6. The number of aromatic amines is 1. The van der Waals surface area contributed by atoms with Crippen LogP contribution in [0.4, 0.5) is 11.8 Å². The van der Waals surface area contributed by atoms with Crippen molar-refractivity contribution in [1.82, 2.24) is 25.3 Å². The third-order valence-corrected chi connectivity index (χ3v) is 7.66. The molecule has 2 aliphatic rings. The lowest BCUT2D eigenvalue weighted by Crippen LogP contribution is -2.38. The van der Waals surface area contributed by atoms with Gasteiger partial charge in [-0.2, -0.15) is 4.98 Å². The van der Waals surface area contributed by atoms with E-state index < -0.39 is 5.97 Å². The molecule has 12 heteroatoms. The average Bonchev–Trinajstić information content (AvgIpc) is 3.32. The lowest BCUT2D eigenvalue weighted by Gasteiger charge is -2.32. The van der Waals surface area contributed by atoms with E-state index in [1.807, 2.05) is 0 Å². The van der Waals surface area contributed by atoms with E-state index in [-0.39, 0.29) is 5.69 Å². The van der Waals surface area contributed by atoms with Gasteiger partial charge < -0.3 is 29.6 Å². The summed E-state index contributed by atoms with van der Waals surface area (Å²) in [6, 6.07) is 2.06. The number of ether oxygens (including phenoxy) is 2. The van der Waals surface area contributed by atoms with Crippen LogP contribution in [0.2, 0.25) is 0 Å². The van der Waals surface area contributed by atoms with E-state index in [9.17, 15) is 9.59 Å². The molecule has 3 aromatic heterocycles. The molecule has 0 spiro atoms. The zero-order chi connectivity index (χ0) is 24.9. The van der Waals surface area contributed by atoms with Crippen molar-refractivity contribution in [3.63, 3.8) is 0 Å². The van der Waals surface area contributed by atoms with Gasteiger partial charge in [0.2, 0.25) is 5.95 Å². The van der Waals surface area contributed by atoms with Gasteiger partial charge in [0.15, 0.2) is 5.82 Å². The number of nitrogens with one attached hydrogen (secondary N) is 2. The number of carbonyl (C=O) groups is 1. The Labute approximate surface area is 212 Å². The van der Waals surface area contributed by atoms with Crippen LogP contribution in [0.25, 0.3) is 10.2 Å². The van der Waals surface area contributed by atoms with E-state index in [0.717, 1.165) is 68.1 Å². The van der Waals surface area contributed by atoms with Gasteiger partial charge in [0.25, 0.3) is 0 Å². The second-order valence-corrected chi connectivity index (χ2v) is 10.1. The SMILES string of the molecule is CCOC(=O)c1cnc(N2CCC(CNCc3cc4[nH]c(=O)nc(N5CCOCC5)c4s3)CC2)nc1. The predicted molar refractivity (Wildman–Crippen MR) is 138 cm³/mol. The Bertz CT molecular complexity index is 1230. The van der Waals surface area contributed by atoms with Crippen LogP contribution in [0, 0.1) is 5.92 Å². The minimum atomic E-state index is -0.396. The summed E-state index contributed by atoms with van der Waals surface area (Å²) >= 11 is 1.68. The number of esters is 1. The third-order valence-electron chi connectivity index (χ3n) is 6.52. The van der Waals surface area contributed by atoms with Crippen molar-refractivity contribution >= 4 is 39.3 Å². The number of hydrogen-bond donors (Lipinski definition) is 2. The zero-order valence-electron chi connectivity index (χ0n) is 20.4. The van der Waals surface area contributed by atoms with Crippen LogP contribution < -0.4 is 20.8 Å². The van der Waals surface area contributed by atoms with Crippen LogP contribution in [0.15, 0.2) is 23.3 Å². The first-order valence-corrected chi connectivity index (χ1v) is 13.2. The van der Waals surface area contributed by atoms with Crippen molar-refractivity contribution < 1.29 is 14.3 Å². The number of anilines is 2. The highest BCUT2D eigenvalue weighted by Gasteiger charge is 2.22. The molecular formula is C24H31N7O4S. The summed E-state index contributed by atoms with van der Waals surface area (Å²) in [5, 5.41) is 3.60. The Morgan fingerprint density at radius 2 is 1.94 bits per heavy atom. The number of aromatic nitrogens is 4. The van der Waals surface area contributed by atoms with Gasteiger partial charge in [0.1, 0.15) is 0 Å². The number of carbonyl (C=O) groups excluding carboxylic acids is 1.